The summed E-state index contributed by atoms with van der Waals surface area (Å²) in [6.45, 7) is 4.16. The van der Waals surface area contributed by atoms with Crippen molar-refractivity contribution in [2.75, 3.05) is 18.0 Å². The number of aromatic nitrogens is 1. The van der Waals surface area contributed by atoms with Crippen LogP contribution in [0.2, 0.25) is 0 Å². The largest absolute Gasteiger partial charge is 0.481 e. The summed E-state index contributed by atoms with van der Waals surface area (Å²) in [5.41, 5.74) is -0.632. The highest BCUT2D eigenvalue weighted by Gasteiger charge is 2.48. The molecule has 0 aromatic carbocycles. The quantitative estimate of drug-likeness (QED) is 0.805. The van der Waals surface area contributed by atoms with Crippen LogP contribution in [-0.2, 0) is 4.79 Å². The van der Waals surface area contributed by atoms with Gasteiger partial charge < -0.3 is 15.1 Å². The Labute approximate surface area is 129 Å². The zero-order valence-electron chi connectivity index (χ0n) is 13.0. The molecule has 0 unspecified atom stereocenters. The summed E-state index contributed by atoms with van der Waals surface area (Å²) in [5, 5.41) is 19.9. The van der Waals surface area contributed by atoms with Crippen LogP contribution in [0.4, 0.5) is 5.82 Å². The van der Waals surface area contributed by atoms with Gasteiger partial charge in [-0.25, -0.2) is 4.98 Å². The number of carboxylic acid groups (broad SMARTS) is 1. The highest BCUT2D eigenvalue weighted by atomic mass is 16.4. The van der Waals surface area contributed by atoms with E-state index in [1.165, 1.54) is 13.1 Å². The number of pyridine rings is 1. The van der Waals surface area contributed by atoms with Crippen LogP contribution in [0.5, 0.6) is 0 Å². The molecule has 0 spiro atoms. The van der Waals surface area contributed by atoms with Crippen LogP contribution in [0.25, 0.3) is 0 Å². The predicted molar refractivity (Wildman–Crippen MR) is 82.1 cm³/mol. The van der Waals surface area contributed by atoms with E-state index in [9.17, 15) is 19.8 Å². The number of hydrogen-bond donors (Lipinski definition) is 2. The van der Waals surface area contributed by atoms with E-state index >= 15 is 0 Å². The molecular formula is C16H22N2O4. The summed E-state index contributed by atoms with van der Waals surface area (Å²) >= 11 is 0. The Morgan fingerprint density at radius 1 is 1.45 bits per heavy atom. The first kappa shape index (κ1) is 16.4. The summed E-state index contributed by atoms with van der Waals surface area (Å²) in [7, 11) is 0. The number of nitrogens with zero attached hydrogens (tertiary/aromatic N) is 2. The van der Waals surface area contributed by atoms with Gasteiger partial charge in [-0.2, -0.15) is 0 Å². The first-order valence-electron chi connectivity index (χ1n) is 7.54. The van der Waals surface area contributed by atoms with E-state index in [0.717, 1.165) is 0 Å². The molecule has 1 aromatic heterocycles. The molecule has 1 fully saturated rings. The Morgan fingerprint density at radius 2 is 2.18 bits per heavy atom. The monoisotopic (exact) mass is 306 g/mol. The van der Waals surface area contributed by atoms with Gasteiger partial charge in [0, 0.05) is 24.8 Å². The van der Waals surface area contributed by atoms with Gasteiger partial charge in [-0.1, -0.05) is 13.3 Å². The van der Waals surface area contributed by atoms with E-state index < -0.39 is 17.5 Å². The molecule has 6 heteroatoms. The molecule has 1 aromatic rings. The van der Waals surface area contributed by atoms with Crippen molar-refractivity contribution >= 4 is 17.6 Å². The van der Waals surface area contributed by atoms with E-state index in [1.807, 2.05) is 11.8 Å². The number of aliphatic carboxylic acids is 1. The fraction of sp³-hybridized carbons (Fsp3) is 0.562. The first-order chi connectivity index (χ1) is 10.4. The van der Waals surface area contributed by atoms with Crippen molar-refractivity contribution < 1.29 is 19.8 Å². The number of aliphatic hydroxyl groups excluding tert-OH is 1. The van der Waals surface area contributed by atoms with Crippen molar-refractivity contribution in [3.05, 3.63) is 23.9 Å². The number of hydrogen-bond acceptors (Lipinski definition) is 5. The fourth-order valence-electron chi connectivity index (χ4n) is 3.07. The van der Waals surface area contributed by atoms with Gasteiger partial charge in [0.05, 0.1) is 6.10 Å². The molecule has 0 amide bonds. The van der Waals surface area contributed by atoms with Crippen LogP contribution in [0.1, 0.15) is 43.5 Å². The van der Waals surface area contributed by atoms with Crippen LogP contribution in [-0.4, -0.2) is 46.1 Å². The summed E-state index contributed by atoms with van der Waals surface area (Å²) in [5.74, 6) is -0.385. The van der Waals surface area contributed by atoms with Crippen molar-refractivity contribution in [3.8, 4) is 0 Å². The maximum atomic E-state index is 11.7. The minimum atomic E-state index is -1.16. The number of ketones is 1. The van der Waals surface area contributed by atoms with Gasteiger partial charge in [0.1, 0.15) is 11.2 Å². The molecule has 6 nitrogen and oxygen atoms in total. The number of anilines is 1. The summed E-state index contributed by atoms with van der Waals surface area (Å²) < 4.78 is 0. The molecule has 1 saturated heterocycles. The minimum Gasteiger partial charge on any atom is -0.481 e. The van der Waals surface area contributed by atoms with Gasteiger partial charge in [0.25, 0.3) is 0 Å². The van der Waals surface area contributed by atoms with Gasteiger partial charge in [0.15, 0.2) is 5.78 Å². The number of piperidine rings is 1. The smallest absolute Gasteiger partial charge is 0.314 e. The molecule has 1 aliphatic heterocycles. The Bertz CT molecular complexity index is 558. The molecular weight excluding hydrogens is 284 g/mol. The highest BCUT2D eigenvalue weighted by Crippen LogP contribution is 2.36. The highest BCUT2D eigenvalue weighted by molar-refractivity contribution is 5.93. The molecule has 2 rings (SSSR count). The molecule has 1 aliphatic rings. The molecule has 120 valence electrons. The summed E-state index contributed by atoms with van der Waals surface area (Å²) in [6.07, 6.45) is 2.16. The third kappa shape index (κ3) is 2.97. The van der Waals surface area contributed by atoms with Crippen LogP contribution >= 0.6 is 0 Å². The fourth-order valence-corrected chi connectivity index (χ4v) is 3.07. The average Bonchev–Trinajstić information content (AvgIpc) is 2.49. The van der Waals surface area contributed by atoms with Crippen molar-refractivity contribution in [2.45, 2.75) is 39.2 Å². The van der Waals surface area contributed by atoms with Crippen molar-refractivity contribution in [1.29, 1.82) is 0 Å². The van der Waals surface area contributed by atoms with Crippen LogP contribution in [0, 0.1) is 5.41 Å². The van der Waals surface area contributed by atoms with Crippen LogP contribution in [0.15, 0.2) is 18.3 Å². The number of carbonyl (C=O) groups excluding carboxylic acids is 1. The lowest BCUT2D eigenvalue weighted by molar-refractivity contribution is -0.158. The van der Waals surface area contributed by atoms with Crippen molar-refractivity contribution in [1.82, 2.24) is 4.98 Å². The minimum absolute atomic E-state index is 0.0565. The van der Waals surface area contributed by atoms with Gasteiger partial charge in [-0.05, 0) is 31.9 Å². The Kier molecular flexibility index (Phi) is 4.81. The van der Waals surface area contributed by atoms with E-state index in [-0.39, 0.29) is 12.3 Å². The molecule has 0 radical (unpaired) electrons. The van der Waals surface area contributed by atoms with Gasteiger partial charge in [-0.3, -0.25) is 9.59 Å². The second kappa shape index (κ2) is 6.44. The molecule has 0 saturated carbocycles. The third-order valence-electron chi connectivity index (χ3n) is 4.38. The van der Waals surface area contributed by atoms with Gasteiger partial charge in [-0.15, -0.1) is 0 Å². The molecule has 22 heavy (non-hydrogen) atoms. The van der Waals surface area contributed by atoms with E-state index in [0.29, 0.717) is 37.2 Å². The predicted octanol–water partition coefficient (Wildman–Crippen LogP) is 1.73. The lowest BCUT2D eigenvalue weighted by Gasteiger charge is -2.43. The molecule has 2 N–H and O–H groups in total. The molecule has 0 bridgehead atoms. The number of aliphatic hydroxyl groups is 1. The summed E-state index contributed by atoms with van der Waals surface area (Å²) in [4.78, 5) is 29.2. The topological polar surface area (TPSA) is 90.7 Å². The average molecular weight is 306 g/mol. The van der Waals surface area contributed by atoms with Gasteiger partial charge in [0.2, 0.25) is 0 Å². The Morgan fingerprint density at radius 3 is 2.68 bits per heavy atom. The first-order valence-corrected chi connectivity index (χ1v) is 7.54. The van der Waals surface area contributed by atoms with Crippen LogP contribution < -0.4 is 4.90 Å². The van der Waals surface area contributed by atoms with E-state index in [2.05, 4.69) is 4.98 Å². The molecule has 2 heterocycles. The summed E-state index contributed by atoms with van der Waals surface area (Å²) in [6, 6.07) is 3.42. The van der Waals surface area contributed by atoms with Crippen LogP contribution in [0.3, 0.4) is 0 Å². The number of carbonyl (C=O) groups is 2. The lowest BCUT2D eigenvalue weighted by atomic mass is 9.74. The maximum Gasteiger partial charge on any atom is 0.314 e. The van der Waals surface area contributed by atoms with E-state index in [1.54, 1.807) is 12.1 Å². The molecule has 0 aliphatic carbocycles. The second-order valence-corrected chi connectivity index (χ2v) is 5.90. The number of Topliss-reactive ketones (excluding diaryl/α,β-unsaturated/α-hetero) is 1. The lowest BCUT2D eigenvalue weighted by Crippen LogP contribution is -2.56. The number of rotatable bonds is 5. The maximum absolute atomic E-state index is 11.7. The zero-order valence-corrected chi connectivity index (χ0v) is 13.0. The standard InChI is InChI=1S/C16H22N2O4/c1-3-7-16(15(21)22)10-18(8-6-13(16)20)14-5-4-12(9-17-14)11(2)19/h4-5,9,13,20H,3,6-8,10H2,1-2H3,(H,21,22)/t13-,16-/m0/s1. The van der Waals surface area contributed by atoms with Crippen molar-refractivity contribution in [3.63, 3.8) is 0 Å². The normalized spacial score (nSPS) is 25.0. The van der Waals surface area contributed by atoms with Crippen molar-refractivity contribution in [2.24, 2.45) is 5.41 Å². The van der Waals surface area contributed by atoms with Gasteiger partial charge >= 0.3 is 5.97 Å². The number of carboxylic acids is 1. The zero-order chi connectivity index (χ0) is 16.3. The third-order valence-corrected chi connectivity index (χ3v) is 4.38. The Hall–Kier alpha value is -1.95. The van der Waals surface area contributed by atoms with E-state index in [4.69, 9.17) is 0 Å². The SMILES string of the molecule is CCC[C@]1(C(=O)O)CN(c2ccc(C(C)=O)cn2)CC[C@@H]1O. The second-order valence-electron chi connectivity index (χ2n) is 5.90. The molecule has 2 atom stereocenters. The Balaban J connectivity index is 2.25.